The molecule has 72 valence electrons. The van der Waals surface area contributed by atoms with Gasteiger partial charge in [-0.1, -0.05) is 5.21 Å². The normalized spacial score (nSPS) is 10.0. The molecule has 6 heteroatoms. The molecule has 0 aliphatic rings. The van der Waals surface area contributed by atoms with Crippen molar-refractivity contribution in [3.8, 4) is 0 Å². The number of rotatable bonds is 4. The molecule has 1 aromatic rings. The molecule has 0 saturated carbocycles. The van der Waals surface area contributed by atoms with Gasteiger partial charge < -0.3 is 10.1 Å². The third kappa shape index (κ3) is 2.83. The van der Waals surface area contributed by atoms with Gasteiger partial charge in [-0.25, -0.2) is 4.68 Å². The van der Waals surface area contributed by atoms with E-state index in [0.717, 1.165) is 5.69 Å². The Morgan fingerprint density at radius 1 is 1.77 bits per heavy atom. The van der Waals surface area contributed by atoms with Crippen molar-refractivity contribution in [3.63, 3.8) is 0 Å². The second-order valence-electron chi connectivity index (χ2n) is 2.51. The molecular formula is C7H12N4O2. The first-order valence-corrected chi connectivity index (χ1v) is 3.86. The maximum atomic E-state index is 10.8. The number of hydrogen-bond acceptors (Lipinski definition) is 5. The van der Waals surface area contributed by atoms with E-state index in [1.807, 2.05) is 7.05 Å². The molecule has 1 heterocycles. The Kier molecular flexibility index (Phi) is 3.39. The number of aromatic nitrogens is 3. The van der Waals surface area contributed by atoms with E-state index in [1.165, 1.54) is 11.8 Å². The number of nitrogens with zero attached hydrogens (tertiary/aromatic N) is 3. The quantitative estimate of drug-likeness (QED) is 0.618. The van der Waals surface area contributed by atoms with Gasteiger partial charge in [0.25, 0.3) is 0 Å². The second kappa shape index (κ2) is 4.56. The molecule has 0 aromatic carbocycles. The molecule has 0 spiro atoms. The van der Waals surface area contributed by atoms with Crippen molar-refractivity contribution >= 4 is 5.97 Å². The van der Waals surface area contributed by atoms with Crippen LogP contribution in [-0.2, 0) is 22.6 Å². The summed E-state index contributed by atoms with van der Waals surface area (Å²) < 4.78 is 5.92. The summed E-state index contributed by atoms with van der Waals surface area (Å²) in [6.07, 6.45) is 1.70. The van der Waals surface area contributed by atoms with E-state index in [2.05, 4.69) is 20.4 Å². The van der Waals surface area contributed by atoms with Crippen LogP contribution in [0.2, 0.25) is 0 Å². The summed E-state index contributed by atoms with van der Waals surface area (Å²) in [6.45, 7) is 0.744. The van der Waals surface area contributed by atoms with Crippen LogP contribution in [0.25, 0.3) is 0 Å². The SMILES string of the molecule is CNCc1cn(CC(=O)OC)nn1. The monoisotopic (exact) mass is 184 g/mol. The molecule has 0 unspecified atom stereocenters. The second-order valence-corrected chi connectivity index (χ2v) is 2.51. The van der Waals surface area contributed by atoms with Crippen molar-refractivity contribution in [2.24, 2.45) is 0 Å². The third-order valence-electron chi connectivity index (χ3n) is 1.46. The van der Waals surface area contributed by atoms with Crippen molar-refractivity contribution in [2.45, 2.75) is 13.1 Å². The first kappa shape index (κ1) is 9.66. The van der Waals surface area contributed by atoms with Gasteiger partial charge in [-0.15, -0.1) is 5.10 Å². The van der Waals surface area contributed by atoms with Gasteiger partial charge in [-0.05, 0) is 7.05 Å². The number of carbonyl (C=O) groups is 1. The Morgan fingerprint density at radius 2 is 2.54 bits per heavy atom. The van der Waals surface area contributed by atoms with Crippen LogP contribution in [0.15, 0.2) is 6.20 Å². The largest absolute Gasteiger partial charge is 0.468 e. The highest BCUT2D eigenvalue weighted by molar-refractivity contribution is 5.68. The molecule has 1 rings (SSSR count). The molecule has 1 N–H and O–H groups in total. The number of carbonyl (C=O) groups excluding carboxylic acids is 1. The summed E-state index contributed by atoms with van der Waals surface area (Å²) in [6, 6.07) is 0. The summed E-state index contributed by atoms with van der Waals surface area (Å²) >= 11 is 0. The first-order chi connectivity index (χ1) is 6.26. The van der Waals surface area contributed by atoms with E-state index in [9.17, 15) is 4.79 Å². The van der Waals surface area contributed by atoms with E-state index in [-0.39, 0.29) is 12.5 Å². The molecule has 6 nitrogen and oxygen atoms in total. The van der Waals surface area contributed by atoms with Gasteiger partial charge in [0.05, 0.1) is 19.0 Å². The number of hydrogen-bond donors (Lipinski definition) is 1. The highest BCUT2D eigenvalue weighted by Gasteiger charge is 2.04. The van der Waals surface area contributed by atoms with Crippen molar-refractivity contribution in [1.82, 2.24) is 20.3 Å². The Morgan fingerprint density at radius 3 is 3.15 bits per heavy atom. The van der Waals surface area contributed by atoms with Crippen molar-refractivity contribution in [2.75, 3.05) is 14.2 Å². The summed E-state index contributed by atoms with van der Waals surface area (Å²) in [5, 5.41) is 10.5. The van der Waals surface area contributed by atoms with E-state index in [1.54, 1.807) is 6.20 Å². The third-order valence-corrected chi connectivity index (χ3v) is 1.46. The summed E-state index contributed by atoms with van der Waals surface area (Å²) in [7, 11) is 3.16. The lowest BCUT2D eigenvalue weighted by atomic mass is 10.5. The predicted octanol–water partition coefficient (Wildman–Crippen LogP) is -0.829. The zero-order chi connectivity index (χ0) is 9.68. The Balaban J connectivity index is 2.53. The van der Waals surface area contributed by atoms with Gasteiger partial charge in [0.1, 0.15) is 6.54 Å². The minimum Gasteiger partial charge on any atom is -0.468 e. The number of methoxy groups -OCH3 is 1. The minimum absolute atomic E-state index is 0.104. The van der Waals surface area contributed by atoms with Crippen LogP contribution >= 0.6 is 0 Å². The highest BCUT2D eigenvalue weighted by Crippen LogP contribution is 1.92. The van der Waals surface area contributed by atoms with Gasteiger partial charge in [0.2, 0.25) is 0 Å². The maximum absolute atomic E-state index is 10.8. The average molecular weight is 184 g/mol. The first-order valence-electron chi connectivity index (χ1n) is 3.86. The van der Waals surface area contributed by atoms with Crippen LogP contribution in [0.1, 0.15) is 5.69 Å². The van der Waals surface area contributed by atoms with Gasteiger partial charge in [-0.2, -0.15) is 0 Å². The highest BCUT2D eigenvalue weighted by atomic mass is 16.5. The number of esters is 1. The predicted molar refractivity (Wildman–Crippen MR) is 44.8 cm³/mol. The molecule has 0 atom stereocenters. The summed E-state index contributed by atoms with van der Waals surface area (Å²) in [5.74, 6) is -0.332. The van der Waals surface area contributed by atoms with E-state index in [4.69, 9.17) is 0 Å². The Bertz CT molecular complexity index is 284. The van der Waals surface area contributed by atoms with Crippen LogP contribution in [-0.4, -0.2) is 35.1 Å². The molecule has 1 aromatic heterocycles. The number of ether oxygens (including phenoxy) is 1. The molecular weight excluding hydrogens is 172 g/mol. The van der Waals surface area contributed by atoms with Gasteiger partial charge >= 0.3 is 5.97 Å². The van der Waals surface area contributed by atoms with E-state index >= 15 is 0 Å². The lowest BCUT2D eigenvalue weighted by Crippen LogP contribution is -2.11. The molecule has 13 heavy (non-hydrogen) atoms. The molecule has 0 aliphatic heterocycles. The van der Waals surface area contributed by atoms with E-state index < -0.39 is 0 Å². The zero-order valence-corrected chi connectivity index (χ0v) is 7.65. The van der Waals surface area contributed by atoms with Crippen LogP contribution in [0.4, 0.5) is 0 Å². The Hall–Kier alpha value is -1.43. The fraction of sp³-hybridized carbons (Fsp3) is 0.571. The molecule has 0 saturated heterocycles. The fourth-order valence-electron chi connectivity index (χ4n) is 0.875. The molecule has 0 radical (unpaired) electrons. The Labute approximate surface area is 75.9 Å². The minimum atomic E-state index is -0.332. The topological polar surface area (TPSA) is 69.0 Å². The van der Waals surface area contributed by atoms with E-state index in [0.29, 0.717) is 6.54 Å². The van der Waals surface area contributed by atoms with Crippen molar-refractivity contribution in [1.29, 1.82) is 0 Å². The van der Waals surface area contributed by atoms with Crippen LogP contribution < -0.4 is 5.32 Å². The zero-order valence-electron chi connectivity index (χ0n) is 7.65. The lowest BCUT2D eigenvalue weighted by Gasteiger charge is -1.96. The van der Waals surface area contributed by atoms with Crippen molar-refractivity contribution in [3.05, 3.63) is 11.9 Å². The lowest BCUT2D eigenvalue weighted by molar-refractivity contribution is -0.141. The summed E-state index contributed by atoms with van der Waals surface area (Å²) in [4.78, 5) is 10.8. The number of nitrogens with one attached hydrogen (secondary N) is 1. The molecule has 0 aliphatic carbocycles. The van der Waals surface area contributed by atoms with Crippen LogP contribution in [0.5, 0.6) is 0 Å². The molecule has 0 fully saturated rings. The van der Waals surface area contributed by atoms with Gasteiger partial charge in [-0.3, -0.25) is 4.79 Å². The standard InChI is InChI=1S/C7H12N4O2/c1-8-3-6-4-11(10-9-6)5-7(12)13-2/h4,8H,3,5H2,1-2H3. The van der Waals surface area contributed by atoms with Crippen LogP contribution in [0.3, 0.4) is 0 Å². The summed E-state index contributed by atoms with van der Waals surface area (Å²) in [5.41, 5.74) is 0.798. The molecule has 0 amide bonds. The maximum Gasteiger partial charge on any atom is 0.327 e. The van der Waals surface area contributed by atoms with Crippen LogP contribution in [0, 0.1) is 0 Å². The molecule has 0 bridgehead atoms. The van der Waals surface area contributed by atoms with Gasteiger partial charge in [0.15, 0.2) is 0 Å². The average Bonchev–Trinajstić information content (AvgIpc) is 2.53. The smallest absolute Gasteiger partial charge is 0.327 e. The fourth-order valence-corrected chi connectivity index (χ4v) is 0.875. The van der Waals surface area contributed by atoms with Gasteiger partial charge in [0, 0.05) is 6.54 Å². The van der Waals surface area contributed by atoms with Crippen molar-refractivity contribution < 1.29 is 9.53 Å².